The minimum atomic E-state index is 0.568. The van der Waals surface area contributed by atoms with Crippen LogP contribution in [0.5, 0.6) is 0 Å². The van der Waals surface area contributed by atoms with E-state index in [0.717, 1.165) is 77.7 Å². The van der Waals surface area contributed by atoms with E-state index in [1.165, 1.54) is 0 Å². The third-order valence-electron chi connectivity index (χ3n) is 9.07. The van der Waals surface area contributed by atoms with Crippen LogP contribution in [-0.2, 0) is 0 Å². The van der Waals surface area contributed by atoms with Crippen molar-refractivity contribution in [3.05, 3.63) is 182 Å². The van der Waals surface area contributed by atoms with Crippen molar-refractivity contribution in [3.63, 3.8) is 0 Å². The van der Waals surface area contributed by atoms with Gasteiger partial charge in [-0.1, -0.05) is 140 Å². The van der Waals surface area contributed by atoms with Gasteiger partial charge in [-0.15, -0.1) is 0 Å². The van der Waals surface area contributed by atoms with E-state index < -0.39 is 0 Å². The van der Waals surface area contributed by atoms with Crippen molar-refractivity contribution in [3.8, 4) is 67.2 Å². The van der Waals surface area contributed by atoms with Crippen molar-refractivity contribution in [1.82, 2.24) is 9.97 Å². The summed E-state index contributed by atoms with van der Waals surface area (Å²) in [5, 5.41) is 1.90. The topological polar surface area (TPSA) is 38.9 Å². The van der Waals surface area contributed by atoms with Crippen molar-refractivity contribution in [2.24, 2.45) is 0 Å². The van der Waals surface area contributed by atoms with Crippen LogP contribution < -0.4 is 0 Å². The summed E-state index contributed by atoms with van der Waals surface area (Å²) in [5.41, 5.74) is 13.1. The Kier molecular flexibility index (Phi) is 7.14. The summed E-state index contributed by atoms with van der Waals surface area (Å²) in [5.74, 6) is 0.614. The molecule has 3 nitrogen and oxygen atoms in total. The van der Waals surface area contributed by atoms with E-state index in [9.17, 15) is 0 Å². The van der Waals surface area contributed by atoms with Gasteiger partial charge < -0.3 is 4.42 Å². The molecule has 7 aromatic carbocycles. The van der Waals surface area contributed by atoms with E-state index in [1.807, 2.05) is 30.3 Å². The molecule has 49 heavy (non-hydrogen) atoms. The predicted molar refractivity (Wildman–Crippen MR) is 202 cm³/mol. The number of rotatable bonds is 6. The Morgan fingerprint density at radius 2 is 0.714 bits per heavy atom. The zero-order valence-corrected chi connectivity index (χ0v) is 26.6. The predicted octanol–water partition coefficient (Wildman–Crippen LogP) is 12.4. The number of nitrogens with zero attached hydrogens (tertiary/aromatic N) is 2. The van der Waals surface area contributed by atoms with Gasteiger partial charge in [0.15, 0.2) is 5.82 Å². The van der Waals surface area contributed by atoms with Gasteiger partial charge in [0.05, 0.1) is 11.1 Å². The number of hydrogen-bond donors (Lipinski definition) is 0. The van der Waals surface area contributed by atoms with Gasteiger partial charge in [-0.3, -0.25) is 0 Å². The maximum absolute atomic E-state index is 6.49. The molecular formula is C46H30N2O. The first-order valence-corrected chi connectivity index (χ1v) is 16.5. The minimum Gasteiger partial charge on any atom is -0.438 e. The summed E-state index contributed by atoms with van der Waals surface area (Å²) < 4.78 is 6.49. The molecule has 0 amide bonds. The van der Waals surface area contributed by atoms with Gasteiger partial charge in [-0.05, 0) is 87.0 Å². The third kappa shape index (κ3) is 5.48. The average molecular weight is 627 g/mol. The Bertz CT molecular complexity index is 2460. The van der Waals surface area contributed by atoms with Crippen LogP contribution in [0.1, 0.15) is 0 Å². The van der Waals surface area contributed by atoms with Crippen LogP contribution in [-0.4, -0.2) is 9.97 Å². The van der Waals surface area contributed by atoms with Crippen LogP contribution in [0, 0.1) is 0 Å². The highest BCUT2D eigenvalue weighted by atomic mass is 16.3. The largest absolute Gasteiger partial charge is 0.438 e. The molecule has 0 aliphatic rings. The van der Waals surface area contributed by atoms with E-state index in [0.29, 0.717) is 11.5 Å². The Morgan fingerprint density at radius 1 is 0.327 bits per heavy atom. The molecule has 0 saturated heterocycles. The maximum Gasteiger partial charge on any atom is 0.231 e. The summed E-state index contributed by atoms with van der Waals surface area (Å²) in [6, 6.07) is 63.5. The lowest BCUT2D eigenvalue weighted by molar-refractivity contribution is 0.653. The van der Waals surface area contributed by atoms with Crippen molar-refractivity contribution in [1.29, 1.82) is 0 Å². The van der Waals surface area contributed by atoms with Gasteiger partial charge in [0.2, 0.25) is 5.71 Å². The molecule has 2 heterocycles. The van der Waals surface area contributed by atoms with Gasteiger partial charge in [-0.25, -0.2) is 4.98 Å². The fourth-order valence-electron chi connectivity index (χ4n) is 6.67. The molecule has 0 aliphatic heterocycles. The number of benzene rings is 7. The van der Waals surface area contributed by atoms with Crippen molar-refractivity contribution in [2.45, 2.75) is 0 Å². The van der Waals surface area contributed by atoms with E-state index in [-0.39, 0.29) is 0 Å². The smallest absolute Gasteiger partial charge is 0.231 e. The molecule has 0 spiro atoms. The molecule has 3 heteroatoms. The first-order valence-electron chi connectivity index (χ1n) is 16.5. The van der Waals surface area contributed by atoms with Gasteiger partial charge in [0, 0.05) is 16.5 Å². The van der Waals surface area contributed by atoms with Crippen LogP contribution >= 0.6 is 0 Å². The van der Waals surface area contributed by atoms with Gasteiger partial charge in [-0.2, -0.15) is 4.98 Å². The second-order valence-electron chi connectivity index (χ2n) is 12.2. The molecular weight excluding hydrogens is 597 g/mol. The van der Waals surface area contributed by atoms with Crippen LogP contribution in [0.3, 0.4) is 0 Å². The standard InChI is InChI=1S/C46H30N2O/c1-5-15-31(16-6-1)35-25-36(32-17-7-2-8-18-32)28-39(27-35)44-43-41-23-13-14-24-42(41)49-46(43)48-45(47-44)40-29-37(33-19-9-3-10-20-33)26-38(30-40)34-21-11-4-12-22-34/h1-30H. The molecule has 9 rings (SSSR count). The summed E-state index contributed by atoms with van der Waals surface area (Å²) in [6.45, 7) is 0. The van der Waals surface area contributed by atoms with Crippen LogP contribution in [0.2, 0.25) is 0 Å². The number of furan rings is 1. The minimum absolute atomic E-state index is 0.568. The summed E-state index contributed by atoms with van der Waals surface area (Å²) >= 11 is 0. The SMILES string of the molecule is c1ccc(-c2cc(-c3ccccc3)cc(-c3nc(-c4cc(-c5ccccc5)cc(-c5ccccc5)c4)c4c(n3)oc3ccccc34)c2)cc1. The van der Waals surface area contributed by atoms with Crippen molar-refractivity contribution >= 4 is 22.1 Å². The molecule has 0 radical (unpaired) electrons. The van der Waals surface area contributed by atoms with Gasteiger partial charge in [0.1, 0.15) is 5.58 Å². The van der Waals surface area contributed by atoms with E-state index >= 15 is 0 Å². The number of hydrogen-bond acceptors (Lipinski definition) is 3. The molecule has 0 fully saturated rings. The monoisotopic (exact) mass is 626 g/mol. The van der Waals surface area contributed by atoms with E-state index in [1.54, 1.807) is 0 Å². The lowest BCUT2D eigenvalue weighted by atomic mass is 9.93. The van der Waals surface area contributed by atoms with Crippen LogP contribution in [0.15, 0.2) is 186 Å². The van der Waals surface area contributed by atoms with Crippen LogP contribution in [0.25, 0.3) is 89.2 Å². The normalized spacial score (nSPS) is 11.3. The summed E-state index contributed by atoms with van der Waals surface area (Å²) in [6.07, 6.45) is 0. The summed E-state index contributed by atoms with van der Waals surface area (Å²) in [4.78, 5) is 10.6. The summed E-state index contributed by atoms with van der Waals surface area (Å²) in [7, 11) is 0. The lowest BCUT2D eigenvalue weighted by Gasteiger charge is -2.14. The Morgan fingerprint density at radius 3 is 1.18 bits per heavy atom. The highest BCUT2D eigenvalue weighted by Gasteiger charge is 2.20. The maximum atomic E-state index is 6.49. The highest BCUT2D eigenvalue weighted by molar-refractivity contribution is 6.11. The number of aromatic nitrogens is 2. The molecule has 0 bridgehead atoms. The lowest BCUT2D eigenvalue weighted by Crippen LogP contribution is -1.96. The first kappa shape index (κ1) is 28.6. The molecule has 9 aromatic rings. The fraction of sp³-hybridized carbons (Fsp3) is 0. The zero-order valence-electron chi connectivity index (χ0n) is 26.6. The Balaban J connectivity index is 1.33. The number of para-hydroxylation sites is 1. The van der Waals surface area contributed by atoms with Crippen molar-refractivity contribution in [2.75, 3.05) is 0 Å². The molecule has 0 saturated carbocycles. The van der Waals surface area contributed by atoms with Crippen molar-refractivity contribution < 1.29 is 4.42 Å². The highest BCUT2D eigenvalue weighted by Crippen LogP contribution is 2.40. The third-order valence-corrected chi connectivity index (χ3v) is 9.07. The second kappa shape index (κ2) is 12.2. The van der Waals surface area contributed by atoms with E-state index in [4.69, 9.17) is 14.4 Å². The second-order valence-corrected chi connectivity index (χ2v) is 12.2. The molecule has 230 valence electrons. The molecule has 0 unspecified atom stereocenters. The molecule has 0 atom stereocenters. The fourth-order valence-corrected chi connectivity index (χ4v) is 6.67. The van der Waals surface area contributed by atoms with E-state index in [2.05, 4.69) is 152 Å². The first-order chi connectivity index (χ1) is 24.3. The van der Waals surface area contributed by atoms with Gasteiger partial charge >= 0.3 is 0 Å². The average Bonchev–Trinajstić information content (AvgIpc) is 3.57. The van der Waals surface area contributed by atoms with Crippen LogP contribution in [0.4, 0.5) is 0 Å². The van der Waals surface area contributed by atoms with Gasteiger partial charge in [0.25, 0.3) is 0 Å². The Labute approximate surface area is 284 Å². The molecule has 2 aromatic heterocycles. The Hall–Kier alpha value is -6.58. The molecule has 0 N–H and O–H groups in total. The number of fused-ring (bicyclic) bond motifs is 3. The zero-order chi connectivity index (χ0) is 32.6. The molecule has 0 aliphatic carbocycles. The quantitative estimate of drug-likeness (QED) is 0.184.